The number of aromatic nitrogens is 2. The Morgan fingerprint density at radius 1 is 0.897 bits per heavy atom. The van der Waals surface area contributed by atoms with Gasteiger partial charge in [0.25, 0.3) is 5.91 Å². The van der Waals surface area contributed by atoms with Gasteiger partial charge in [0.15, 0.2) is 0 Å². The van der Waals surface area contributed by atoms with Gasteiger partial charge in [-0.1, -0.05) is 24.3 Å². The zero-order valence-corrected chi connectivity index (χ0v) is 16.4. The Bertz CT molecular complexity index is 1150. The highest BCUT2D eigenvalue weighted by Gasteiger charge is 2.08. The third kappa shape index (κ3) is 4.04. The van der Waals surface area contributed by atoms with Gasteiger partial charge in [0.2, 0.25) is 0 Å². The van der Waals surface area contributed by atoms with E-state index in [1.165, 1.54) is 0 Å². The Morgan fingerprint density at radius 2 is 1.62 bits per heavy atom. The Kier molecular flexibility index (Phi) is 5.12. The number of hydrogen-bond donors (Lipinski definition) is 1. The number of rotatable bonds is 5. The number of nitrogens with one attached hydrogen (secondary N) is 1. The summed E-state index contributed by atoms with van der Waals surface area (Å²) in [5.41, 5.74) is 8.36. The van der Waals surface area contributed by atoms with Crippen LogP contribution >= 0.6 is 0 Å². The van der Waals surface area contributed by atoms with E-state index in [0.29, 0.717) is 5.56 Å². The summed E-state index contributed by atoms with van der Waals surface area (Å²) in [6.07, 6.45) is 5.56. The third-order valence-electron chi connectivity index (χ3n) is 4.79. The molecular formula is C24H22N4O. The molecule has 5 nitrogen and oxygen atoms in total. The van der Waals surface area contributed by atoms with Crippen LogP contribution < -0.4 is 5.43 Å². The smallest absolute Gasteiger partial charge is 0.271 e. The molecule has 0 bridgehead atoms. The fraction of sp³-hybridized carbons (Fsp3) is 0.0833. The van der Waals surface area contributed by atoms with E-state index in [9.17, 15) is 4.79 Å². The van der Waals surface area contributed by atoms with Crippen LogP contribution in [-0.4, -0.2) is 21.3 Å². The van der Waals surface area contributed by atoms with Crippen LogP contribution in [0.5, 0.6) is 0 Å². The number of para-hydroxylation sites is 1. The molecule has 2 aromatic heterocycles. The molecule has 0 radical (unpaired) electrons. The van der Waals surface area contributed by atoms with Crippen LogP contribution in [-0.2, 0) is 0 Å². The molecule has 0 spiro atoms. The van der Waals surface area contributed by atoms with E-state index in [0.717, 1.165) is 28.3 Å². The summed E-state index contributed by atoms with van der Waals surface area (Å²) in [5, 5.41) is 4.11. The van der Waals surface area contributed by atoms with Gasteiger partial charge >= 0.3 is 0 Å². The van der Waals surface area contributed by atoms with Crippen LogP contribution in [0.4, 0.5) is 0 Å². The van der Waals surface area contributed by atoms with E-state index in [-0.39, 0.29) is 5.91 Å². The monoisotopic (exact) mass is 382 g/mol. The van der Waals surface area contributed by atoms with Gasteiger partial charge in [0.05, 0.1) is 6.21 Å². The highest BCUT2D eigenvalue weighted by Crippen LogP contribution is 2.17. The first kappa shape index (κ1) is 18.5. The van der Waals surface area contributed by atoms with Crippen molar-refractivity contribution in [3.8, 4) is 11.4 Å². The van der Waals surface area contributed by atoms with Crippen molar-refractivity contribution in [2.45, 2.75) is 13.8 Å². The molecule has 0 aliphatic carbocycles. The summed E-state index contributed by atoms with van der Waals surface area (Å²) in [7, 11) is 0. The summed E-state index contributed by atoms with van der Waals surface area (Å²) < 4.78 is 4.13. The maximum atomic E-state index is 12.5. The van der Waals surface area contributed by atoms with Gasteiger partial charge in [-0.2, -0.15) is 5.10 Å². The van der Waals surface area contributed by atoms with Crippen molar-refractivity contribution in [1.29, 1.82) is 0 Å². The van der Waals surface area contributed by atoms with E-state index < -0.39 is 0 Å². The van der Waals surface area contributed by atoms with E-state index in [4.69, 9.17) is 0 Å². The maximum Gasteiger partial charge on any atom is 0.271 e. The molecule has 0 atom stereocenters. The molecule has 2 aromatic carbocycles. The summed E-state index contributed by atoms with van der Waals surface area (Å²) in [6.45, 7) is 4.09. The SMILES string of the molecule is Cc1ccc(C)n1-c1cccc(C(=O)N/N=C\c2ccn(-c3ccccc3)c2)c1. The molecule has 0 fully saturated rings. The fourth-order valence-electron chi connectivity index (χ4n) is 3.34. The minimum absolute atomic E-state index is 0.243. The van der Waals surface area contributed by atoms with Gasteiger partial charge in [0.1, 0.15) is 0 Å². The van der Waals surface area contributed by atoms with Crippen molar-refractivity contribution in [1.82, 2.24) is 14.6 Å². The molecule has 0 saturated heterocycles. The van der Waals surface area contributed by atoms with Crippen LogP contribution in [0.25, 0.3) is 11.4 Å². The fourth-order valence-corrected chi connectivity index (χ4v) is 3.34. The summed E-state index contributed by atoms with van der Waals surface area (Å²) >= 11 is 0. The molecule has 4 rings (SSSR count). The second kappa shape index (κ2) is 8.02. The Labute approximate surface area is 169 Å². The molecule has 0 unspecified atom stereocenters. The second-order valence-corrected chi connectivity index (χ2v) is 6.89. The maximum absolute atomic E-state index is 12.5. The lowest BCUT2D eigenvalue weighted by Gasteiger charge is -2.10. The lowest BCUT2D eigenvalue weighted by molar-refractivity contribution is 0.0955. The molecule has 5 heteroatoms. The van der Waals surface area contributed by atoms with Crippen LogP contribution in [0.1, 0.15) is 27.3 Å². The van der Waals surface area contributed by atoms with E-state index in [1.807, 2.05) is 85.4 Å². The minimum atomic E-state index is -0.243. The lowest BCUT2D eigenvalue weighted by atomic mass is 10.2. The van der Waals surface area contributed by atoms with Crippen molar-refractivity contribution in [2.75, 3.05) is 0 Å². The summed E-state index contributed by atoms with van der Waals surface area (Å²) in [5.74, 6) is -0.243. The number of carbonyl (C=O) groups excluding carboxylic acids is 1. The Hall–Kier alpha value is -3.86. The van der Waals surface area contributed by atoms with Crippen LogP contribution in [0.3, 0.4) is 0 Å². The minimum Gasteiger partial charge on any atom is -0.323 e. The van der Waals surface area contributed by atoms with Crippen LogP contribution in [0, 0.1) is 13.8 Å². The third-order valence-corrected chi connectivity index (χ3v) is 4.79. The number of aryl methyl sites for hydroxylation is 2. The highest BCUT2D eigenvalue weighted by atomic mass is 16.2. The molecule has 0 saturated carbocycles. The second-order valence-electron chi connectivity index (χ2n) is 6.89. The van der Waals surface area contributed by atoms with Crippen molar-refractivity contribution >= 4 is 12.1 Å². The first-order chi connectivity index (χ1) is 14.1. The number of amides is 1. The highest BCUT2D eigenvalue weighted by molar-refractivity contribution is 5.95. The molecule has 1 N–H and O–H groups in total. The van der Waals surface area contributed by atoms with Crippen molar-refractivity contribution in [3.63, 3.8) is 0 Å². The molecule has 1 amide bonds. The summed E-state index contributed by atoms with van der Waals surface area (Å²) in [6, 6.07) is 23.6. The predicted molar refractivity (Wildman–Crippen MR) is 116 cm³/mol. The first-order valence-electron chi connectivity index (χ1n) is 9.44. The Morgan fingerprint density at radius 3 is 2.38 bits per heavy atom. The summed E-state index contributed by atoms with van der Waals surface area (Å²) in [4.78, 5) is 12.5. The molecule has 4 aromatic rings. The van der Waals surface area contributed by atoms with Crippen molar-refractivity contribution in [2.24, 2.45) is 5.10 Å². The van der Waals surface area contributed by atoms with Gasteiger partial charge in [-0.25, -0.2) is 5.43 Å². The van der Waals surface area contributed by atoms with Gasteiger partial charge in [-0.05, 0) is 62.4 Å². The topological polar surface area (TPSA) is 51.3 Å². The van der Waals surface area contributed by atoms with Crippen LogP contribution in [0.15, 0.2) is 90.3 Å². The van der Waals surface area contributed by atoms with Gasteiger partial charge in [0, 0.05) is 46.3 Å². The largest absolute Gasteiger partial charge is 0.323 e. The van der Waals surface area contributed by atoms with Gasteiger partial charge in [-0.15, -0.1) is 0 Å². The molecule has 29 heavy (non-hydrogen) atoms. The number of hydrazone groups is 1. The standard InChI is InChI=1S/C24H22N4O/c1-18-11-12-19(2)28(18)23-10-6-7-21(15-23)24(29)26-25-16-20-13-14-27(17-20)22-8-4-3-5-9-22/h3-17H,1-2H3,(H,26,29)/b25-16-. The van der Waals surface area contributed by atoms with E-state index >= 15 is 0 Å². The number of hydrogen-bond acceptors (Lipinski definition) is 2. The zero-order valence-electron chi connectivity index (χ0n) is 16.4. The quantitative estimate of drug-likeness (QED) is 0.396. The first-order valence-corrected chi connectivity index (χ1v) is 9.44. The van der Waals surface area contributed by atoms with Crippen molar-refractivity contribution < 1.29 is 4.79 Å². The Balaban J connectivity index is 1.45. The van der Waals surface area contributed by atoms with E-state index in [1.54, 1.807) is 12.3 Å². The molecule has 144 valence electrons. The van der Waals surface area contributed by atoms with Gasteiger partial charge < -0.3 is 9.13 Å². The molecule has 2 heterocycles. The average molecular weight is 382 g/mol. The number of carbonyl (C=O) groups is 1. The van der Waals surface area contributed by atoms with Crippen molar-refractivity contribution in [3.05, 3.63) is 108 Å². The average Bonchev–Trinajstić information content (AvgIpc) is 3.35. The number of nitrogens with zero attached hydrogens (tertiary/aromatic N) is 3. The number of benzene rings is 2. The predicted octanol–water partition coefficient (Wildman–Crippen LogP) is 4.65. The molecular weight excluding hydrogens is 360 g/mol. The van der Waals surface area contributed by atoms with Gasteiger partial charge in [-0.3, -0.25) is 4.79 Å². The zero-order chi connectivity index (χ0) is 20.2. The van der Waals surface area contributed by atoms with Crippen LogP contribution in [0.2, 0.25) is 0 Å². The molecule has 0 aliphatic rings. The van der Waals surface area contributed by atoms with E-state index in [2.05, 4.69) is 27.2 Å². The normalized spacial score (nSPS) is 11.1. The lowest BCUT2D eigenvalue weighted by Crippen LogP contribution is -2.18. The molecule has 0 aliphatic heterocycles.